The summed E-state index contributed by atoms with van der Waals surface area (Å²) in [6, 6.07) is 1.30. The summed E-state index contributed by atoms with van der Waals surface area (Å²) in [5.74, 6) is 0. The molecule has 0 saturated heterocycles. The molecule has 3 heteroatoms. The molecule has 0 aliphatic rings. The van der Waals surface area contributed by atoms with Gasteiger partial charge in [0.25, 0.3) is 0 Å². The molecule has 0 rings (SSSR count). The SMILES string of the molecule is COCCC[SiH2]S. The molecule has 0 atom stereocenters. The Bertz CT molecular complexity index is 30.9. The Kier molecular flexibility index (Phi) is 7.02. The molecular weight excluding hydrogens is 124 g/mol. The second-order valence-electron chi connectivity index (χ2n) is 1.42. The van der Waals surface area contributed by atoms with Gasteiger partial charge >= 0.3 is 0 Å². The number of hydrogen-bond acceptors (Lipinski definition) is 2. The van der Waals surface area contributed by atoms with Gasteiger partial charge in [-0.2, -0.15) is 0 Å². The van der Waals surface area contributed by atoms with Crippen LogP contribution < -0.4 is 0 Å². The lowest BCUT2D eigenvalue weighted by Gasteiger charge is -1.92. The van der Waals surface area contributed by atoms with Crippen LogP contribution in [0.25, 0.3) is 0 Å². The fourth-order valence-corrected chi connectivity index (χ4v) is 1.46. The first-order valence-electron chi connectivity index (χ1n) is 2.51. The molecule has 0 aromatic heterocycles. The largest absolute Gasteiger partial charge is 0.385 e. The van der Waals surface area contributed by atoms with Gasteiger partial charge in [0, 0.05) is 13.7 Å². The molecule has 0 amide bonds. The topological polar surface area (TPSA) is 9.23 Å². The van der Waals surface area contributed by atoms with Crippen molar-refractivity contribution in [1.82, 2.24) is 0 Å². The molecule has 0 fully saturated rings. The average Bonchev–Trinajstić information content (AvgIpc) is 1.69. The van der Waals surface area contributed by atoms with Crippen molar-refractivity contribution in [2.45, 2.75) is 12.5 Å². The summed E-state index contributed by atoms with van der Waals surface area (Å²) in [5, 5.41) is 0. The molecule has 0 heterocycles. The summed E-state index contributed by atoms with van der Waals surface area (Å²) in [5.41, 5.74) is 0. The predicted molar refractivity (Wildman–Crippen MR) is 38.8 cm³/mol. The molecule has 0 aromatic rings. The lowest BCUT2D eigenvalue weighted by atomic mass is 10.5. The van der Waals surface area contributed by atoms with Crippen molar-refractivity contribution in [3.63, 3.8) is 0 Å². The lowest BCUT2D eigenvalue weighted by Crippen LogP contribution is -1.88. The molecule has 0 aliphatic carbocycles. The Balaban J connectivity index is 2.45. The van der Waals surface area contributed by atoms with E-state index in [-0.39, 0.29) is 8.67 Å². The summed E-state index contributed by atoms with van der Waals surface area (Å²) in [6.07, 6.45) is 1.20. The van der Waals surface area contributed by atoms with E-state index < -0.39 is 0 Å². The summed E-state index contributed by atoms with van der Waals surface area (Å²) < 4.78 is 4.83. The highest BCUT2D eigenvalue weighted by Crippen LogP contribution is 1.88. The molecule has 44 valence electrons. The third-order valence-electron chi connectivity index (χ3n) is 0.757. The minimum absolute atomic E-state index is 0.00812. The van der Waals surface area contributed by atoms with Gasteiger partial charge in [0.15, 0.2) is 0 Å². The number of rotatable bonds is 4. The first kappa shape index (κ1) is 7.53. The van der Waals surface area contributed by atoms with Gasteiger partial charge < -0.3 is 4.74 Å². The van der Waals surface area contributed by atoms with Crippen LogP contribution in [0.15, 0.2) is 0 Å². The lowest BCUT2D eigenvalue weighted by molar-refractivity contribution is 0.199. The number of ether oxygens (including phenoxy) is 1. The summed E-state index contributed by atoms with van der Waals surface area (Å²) >= 11 is 4.18. The molecule has 0 unspecified atom stereocenters. The molecular formula is C4H12OSSi. The van der Waals surface area contributed by atoms with Crippen molar-refractivity contribution in [1.29, 1.82) is 0 Å². The first-order valence-corrected chi connectivity index (χ1v) is 6.04. The predicted octanol–water partition coefficient (Wildman–Crippen LogP) is 0.455. The van der Waals surface area contributed by atoms with Gasteiger partial charge in [0.05, 0.1) is 8.67 Å². The Morgan fingerprint density at radius 1 is 1.71 bits per heavy atom. The maximum absolute atomic E-state index is 4.83. The van der Waals surface area contributed by atoms with E-state index in [0.29, 0.717) is 0 Å². The van der Waals surface area contributed by atoms with Crippen LogP contribution in [0.4, 0.5) is 0 Å². The third-order valence-corrected chi connectivity index (χ3v) is 2.52. The zero-order valence-corrected chi connectivity index (χ0v) is 6.99. The van der Waals surface area contributed by atoms with Crippen LogP contribution in [-0.4, -0.2) is 22.4 Å². The number of thiol groups is 1. The molecule has 7 heavy (non-hydrogen) atoms. The highest BCUT2D eigenvalue weighted by Gasteiger charge is 1.81. The Hall–Kier alpha value is 0.527. The second-order valence-corrected chi connectivity index (χ2v) is 3.92. The van der Waals surface area contributed by atoms with Crippen molar-refractivity contribution in [2.75, 3.05) is 13.7 Å². The van der Waals surface area contributed by atoms with Gasteiger partial charge in [-0.1, -0.05) is 6.04 Å². The highest BCUT2D eigenvalue weighted by molar-refractivity contribution is 8.06. The van der Waals surface area contributed by atoms with E-state index in [1.165, 1.54) is 12.5 Å². The van der Waals surface area contributed by atoms with E-state index in [9.17, 15) is 0 Å². The van der Waals surface area contributed by atoms with Crippen LogP contribution in [0.3, 0.4) is 0 Å². The van der Waals surface area contributed by atoms with Crippen LogP contribution in [0.5, 0.6) is 0 Å². The number of methoxy groups -OCH3 is 1. The van der Waals surface area contributed by atoms with Crippen molar-refractivity contribution >= 4 is 20.7 Å². The second kappa shape index (κ2) is 6.53. The van der Waals surface area contributed by atoms with Gasteiger partial charge in [-0.3, -0.25) is 0 Å². The van der Waals surface area contributed by atoms with E-state index in [2.05, 4.69) is 12.1 Å². The smallest absolute Gasteiger partial charge is 0.0814 e. The van der Waals surface area contributed by atoms with Gasteiger partial charge in [0.1, 0.15) is 0 Å². The van der Waals surface area contributed by atoms with E-state index in [4.69, 9.17) is 4.74 Å². The normalized spacial score (nSPS) is 11.1. The fraction of sp³-hybridized carbons (Fsp3) is 1.00. The van der Waals surface area contributed by atoms with Crippen LogP contribution >= 0.6 is 12.1 Å². The zero-order valence-electron chi connectivity index (χ0n) is 4.68. The van der Waals surface area contributed by atoms with Crippen molar-refractivity contribution in [2.24, 2.45) is 0 Å². The van der Waals surface area contributed by atoms with Gasteiger partial charge in [-0.15, -0.1) is 0 Å². The van der Waals surface area contributed by atoms with E-state index >= 15 is 0 Å². The monoisotopic (exact) mass is 136 g/mol. The standard InChI is InChI=1S/C4H12OSSi/c1-5-3-2-4-7-6/h6H,2-4,7H2,1H3. The van der Waals surface area contributed by atoms with E-state index in [1.807, 2.05) is 0 Å². The molecule has 0 radical (unpaired) electrons. The summed E-state index contributed by atoms with van der Waals surface area (Å²) in [7, 11) is 1.74. The zero-order chi connectivity index (χ0) is 5.54. The molecule has 0 spiro atoms. The average molecular weight is 136 g/mol. The minimum atomic E-state index is 0.00812. The van der Waals surface area contributed by atoms with Crippen molar-refractivity contribution in [3.05, 3.63) is 0 Å². The molecule has 0 saturated carbocycles. The van der Waals surface area contributed by atoms with Crippen LogP contribution in [-0.2, 0) is 4.74 Å². The minimum Gasteiger partial charge on any atom is -0.385 e. The van der Waals surface area contributed by atoms with Gasteiger partial charge in [0.2, 0.25) is 0 Å². The van der Waals surface area contributed by atoms with Gasteiger partial charge in [-0.05, 0) is 6.42 Å². The van der Waals surface area contributed by atoms with Crippen molar-refractivity contribution < 1.29 is 4.74 Å². The third kappa shape index (κ3) is 6.53. The number of hydrogen-bond donors (Lipinski definition) is 1. The van der Waals surface area contributed by atoms with E-state index in [0.717, 1.165) is 6.61 Å². The summed E-state index contributed by atoms with van der Waals surface area (Å²) in [4.78, 5) is 0. The maximum atomic E-state index is 4.83. The summed E-state index contributed by atoms with van der Waals surface area (Å²) in [6.45, 7) is 0.910. The van der Waals surface area contributed by atoms with Crippen LogP contribution in [0, 0.1) is 0 Å². The maximum Gasteiger partial charge on any atom is 0.0814 e. The van der Waals surface area contributed by atoms with Crippen LogP contribution in [0.2, 0.25) is 6.04 Å². The Labute approximate surface area is 52.3 Å². The Morgan fingerprint density at radius 2 is 2.43 bits per heavy atom. The molecule has 0 N–H and O–H groups in total. The molecule has 0 bridgehead atoms. The first-order chi connectivity index (χ1) is 3.41. The molecule has 1 nitrogen and oxygen atoms in total. The molecule has 0 aromatic carbocycles. The quantitative estimate of drug-likeness (QED) is 0.335. The Morgan fingerprint density at radius 3 is 2.86 bits per heavy atom. The van der Waals surface area contributed by atoms with E-state index in [1.54, 1.807) is 7.11 Å². The highest BCUT2D eigenvalue weighted by atomic mass is 32.3. The fourth-order valence-electron chi connectivity index (χ4n) is 0.358. The van der Waals surface area contributed by atoms with Crippen LogP contribution in [0.1, 0.15) is 6.42 Å². The van der Waals surface area contributed by atoms with Gasteiger partial charge in [-0.25, -0.2) is 12.1 Å². The molecule has 0 aliphatic heterocycles. The van der Waals surface area contributed by atoms with Crippen molar-refractivity contribution in [3.8, 4) is 0 Å².